The van der Waals surface area contributed by atoms with Crippen molar-refractivity contribution < 1.29 is 9.59 Å². The topological polar surface area (TPSA) is 81.3 Å². The summed E-state index contributed by atoms with van der Waals surface area (Å²) >= 11 is 0. The van der Waals surface area contributed by atoms with Gasteiger partial charge in [0.2, 0.25) is 5.91 Å². The van der Waals surface area contributed by atoms with Gasteiger partial charge in [0.1, 0.15) is 5.69 Å². The first-order chi connectivity index (χ1) is 15.0. The standard InChI is InChI=1S/C24H27N5O2/c1-17-7-6-8-18(2)23(17)25-22(30)16-28-11-13-29(14-12-28)24(31)21-15-20(26-27-21)19-9-4-3-5-10-19/h3-10,15H,11-14,16H2,1-2H3,(H,25,30)(H,26,27). The van der Waals surface area contributed by atoms with Crippen LogP contribution in [0.2, 0.25) is 0 Å². The Morgan fingerprint density at radius 2 is 1.65 bits per heavy atom. The molecule has 2 aromatic carbocycles. The molecule has 0 atom stereocenters. The molecule has 0 unspecified atom stereocenters. The highest BCUT2D eigenvalue weighted by molar-refractivity contribution is 5.94. The number of benzene rings is 2. The molecule has 160 valence electrons. The summed E-state index contributed by atoms with van der Waals surface area (Å²) < 4.78 is 0. The Kier molecular flexibility index (Phi) is 6.13. The maximum Gasteiger partial charge on any atom is 0.271 e. The van der Waals surface area contributed by atoms with Gasteiger partial charge in [0.05, 0.1) is 12.2 Å². The molecular formula is C24H27N5O2. The Morgan fingerprint density at radius 1 is 0.968 bits per heavy atom. The summed E-state index contributed by atoms with van der Waals surface area (Å²) in [5.74, 6) is -0.0902. The van der Waals surface area contributed by atoms with E-state index < -0.39 is 0 Å². The molecule has 2 N–H and O–H groups in total. The van der Waals surface area contributed by atoms with Crippen LogP contribution < -0.4 is 5.32 Å². The third kappa shape index (κ3) is 4.83. The number of carbonyl (C=O) groups excluding carboxylic acids is 2. The average Bonchev–Trinajstić information content (AvgIpc) is 3.27. The number of amides is 2. The minimum absolute atomic E-state index is 0.0294. The highest BCUT2D eigenvalue weighted by Crippen LogP contribution is 2.20. The van der Waals surface area contributed by atoms with Crippen LogP contribution in [0.3, 0.4) is 0 Å². The maximum absolute atomic E-state index is 12.8. The molecule has 4 rings (SSSR count). The lowest BCUT2D eigenvalue weighted by atomic mass is 10.1. The Hall–Kier alpha value is -3.45. The molecule has 0 aliphatic carbocycles. The number of H-pyrrole nitrogens is 1. The van der Waals surface area contributed by atoms with E-state index in [0.29, 0.717) is 38.4 Å². The number of rotatable bonds is 5. The Labute approximate surface area is 182 Å². The number of piperazine rings is 1. The largest absolute Gasteiger partial charge is 0.335 e. The van der Waals surface area contributed by atoms with E-state index in [9.17, 15) is 9.59 Å². The Balaban J connectivity index is 1.30. The second-order valence-electron chi connectivity index (χ2n) is 7.92. The summed E-state index contributed by atoms with van der Waals surface area (Å²) in [6, 6.07) is 17.5. The van der Waals surface area contributed by atoms with E-state index in [1.165, 1.54) is 0 Å². The molecule has 7 nitrogen and oxygen atoms in total. The molecule has 1 aliphatic heterocycles. The highest BCUT2D eigenvalue weighted by atomic mass is 16.2. The fourth-order valence-corrected chi connectivity index (χ4v) is 3.86. The van der Waals surface area contributed by atoms with Crippen molar-refractivity contribution >= 4 is 17.5 Å². The first-order valence-corrected chi connectivity index (χ1v) is 10.5. The van der Waals surface area contributed by atoms with Crippen LogP contribution in [0.15, 0.2) is 54.6 Å². The van der Waals surface area contributed by atoms with Crippen LogP contribution in [0, 0.1) is 13.8 Å². The summed E-state index contributed by atoms with van der Waals surface area (Å²) in [5.41, 5.74) is 5.20. The predicted octanol–water partition coefficient (Wildman–Crippen LogP) is 3.09. The van der Waals surface area contributed by atoms with Crippen LogP contribution >= 0.6 is 0 Å². The van der Waals surface area contributed by atoms with Crippen molar-refractivity contribution in [2.24, 2.45) is 0 Å². The monoisotopic (exact) mass is 417 g/mol. The van der Waals surface area contributed by atoms with Crippen LogP contribution in [-0.4, -0.2) is 64.5 Å². The maximum atomic E-state index is 12.8. The van der Waals surface area contributed by atoms with Crippen LogP contribution in [-0.2, 0) is 4.79 Å². The van der Waals surface area contributed by atoms with E-state index in [2.05, 4.69) is 20.4 Å². The smallest absolute Gasteiger partial charge is 0.271 e. The fraction of sp³-hybridized carbons (Fsp3) is 0.292. The number of hydrogen-bond donors (Lipinski definition) is 2. The summed E-state index contributed by atoms with van der Waals surface area (Å²) in [6.45, 7) is 6.77. The van der Waals surface area contributed by atoms with Crippen molar-refractivity contribution in [1.29, 1.82) is 0 Å². The van der Waals surface area contributed by atoms with E-state index in [1.807, 2.05) is 67.3 Å². The van der Waals surface area contributed by atoms with Gasteiger partial charge in [0.15, 0.2) is 0 Å². The molecule has 1 saturated heterocycles. The van der Waals surface area contributed by atoms with Crippen molar-refractivity contribution in [3.8, 4) is 11.3 Å². The normalized spacial score (nSPS) is 14.5. The van der Waals surface area contributed by atoms with Crippen molar-refractivity contribution in [2.75, 3.05) is 38.0 Å². The Morgan fingerprint density at radius 3 is 2.32 bits per heavy atom. The zero-order chi connectivity index (χ0) is 21.8. The Bertz CT molecular complexity index is 1050. The average molecular weight is 418 g/mol. The molecule has 3 aromatic rings. The van der Waals surface area contributed by atoms with Crippen molar-refractivity contribution in [3.63, 3.8) is 0 Å². The van der Waals surface area contributed by atoms with Crippen molar-refractivity contribution in [2.45, 2.75) is 13.8 Å². The molecule has 7 heteroatoms. The summed E-state index contributed by atoms with van der Waals surface area (Å²) in [4.78, 5) is 29.2. The lowest BCUT2D eigenvalue weighted by Crippen LogP contribution is -2.50. The molecule has 1 aromatic heterocycles. The van der Waals surface area contributed by atoms with Gasteiger partial charge >= 0.3 is 0 Å². The first kappa shape index (κ1) is 20.8. The van der Waals surface area contributed by atoms with Crippen LogP contribution in [0.4, 0.5) is 5.69 Å². The van der Waals surface area contributed by atoms with E-state index >= 15 is 0 Å². The highest BCUT2D eigenvalue weighted by Gasteiger charge is 2.25. The zero-order valence-corrected chi connectivity index (χ0v) is 17.9. The van der Waals surface area contributed by atoms with Gasteiger partial charge in [-0.25, -0.2) is 0 Å². The van der Waals surface area contributed by atoms with Crippen molar-refractivity contribution in [1.82, 2.24) is 20.0 Å². The van der Waals surface area contributed by atoms with Gasteiger partial charge in [-0.1, -0.05) is 48.5 Å². The molecule has 2 amide bonds. The van der Waals surface area contributed by atoms with Gasteiger partial charge in [0, 0.05) is 37.4 Å². The molecular weight excluding hydrogens is 390 g/mol. The molecule has 0 bridgehead atoms. The lowest BCUT2D eigenvalue weighted by molar-refractivity contribution is -0.117. The third-order valence-corrected chi connectivity index (χ3v) is 5.65. The number of nitrogens with zero attached hydrogens (tertiary/aromatic N) is 3. The van der Waals surface area contributed by atoms with Crippen LogP contribution in [0.25, 0.3) is 11.3 Å². The molecule has 2 heterocycles. The quantitative estimate of drug-likeness (QED) is 0.669. The molecule has 31 heavy (non-hydrogen) atoms. The number of para-hydroxylation sites is 1. The van der Waals surface area contributed by atoms with Gasteiger partial charge in [-0.3, -0.25) is 19.6 Å². The van der Waals surface area contributed by atoms with E-state index in [-0.39, 0.29) is 11.8 Å². The fourth-order valence-electron chi connectivity index (χ4n) is 3.86. The third-order valence-electron chi connectivity index (χ3n) is 5.65. The zero-order valence-electron chi connectivity index (χ0n) is 17.9. The minimum atomic E-state index is -0.0608. The second kappa shape index (κ2) is 9.14. The van der Waals surface area contributed by atoms with Crippen LogP contribution in [0.5, 0.6) is 0 Å². The predicted molar refractivity (Wildman–Crippen MR) is 121 cm³/mol. The van der Waals surface area contributed by atoms with Gasteiger partial charge in [-0.2, -0.15) is 5.10 Å². The first-order valence-electron chi connectivity index (χ1n) is 10.5. The second-order valence-corrected chi connectivity index (χ2v) is 7.92. The van der Waals surface area contributed by atoms with Crippen LogP contribution in [0.1, 0.15) is 21.6 Å². The number of nitrogens with one attached hydrogen (secondary N) is 2. The number of aromatic nitrogens is 2. The molecule has 1 fully saturated rings. The molecule has 0 radical (unpaired) electrons. The molecule has 0 spiro atoms. The summed E-state index contributed by atoms with van der Waals surface area (Å²) in [7, 11) is 0. The SMILES string of the molecule is Cc1cccc(C)c1NC(=O)CN1CCN(C(=O)c2cc(-c3ccccc3)n[nH]2)CC1. The lowest BCUT2D eigenvalue weighted by Gasteiger charge is -2.34. The van der Waals surface area contributed by atoms with E-state index in [0.717, 1.165) is 28.1 Å². The number of aryl methyl sites for hydroxylation is 2. The van der Waals surface area contributed by atoms with Gasteiger partial charge in [-0.05, 0) is 31.0 Å². The van der Waals surface area contributed by atoms with Gasteiger partial charge in [0.25, 0.3) is 5.91 Å². The van der Waals surface area contributed by atoms with Gasteiger partial charge in [-0.15, -0.1) is 0 Å². The van der Waals surface area contributed by atoms with E-state index in [1.54, 1.807) is 6.07 Å². The number of hydrogen-bond acceptors (Lipinski definition) is 4. The number of anilines is 1. The molecule has 1 aliphatic rings. The summed E-state index contributed by atoms with van der Waals surface area (Å²) in [5, 5.41) is 10.2. The minimum Gasteiger partial charge on any atom is -0.335 e. The number of aromatic amines is 1. The van der Waals surface area contributed by atoms with Crippen molar-refractivity contribution in [3.05, 3.63) is 71.4 Å². The number of carbonyl (C=O) groups is 2. The summed E-state index contributed by atoms with van der Waals surface area (Å²) in [6.07, 6.45) is 0. The van der Waals surface area contributed by atoms with Gasteiger partial charge < -0.3 is 10.2 Å². The van der Waals surface area contributed by atoms with E-state index in [4.69, 9.17) is 0 Å². The molecule has 0 saturated carbocycles.